The molecule has 4 rings (SSSR count). The summed E-state index contributed by atoms with van der Waals surface area (Å²) in [7, 11) is 0. The smallest absolute Gasteiger partial charge is 0.272 e. The third-order valence-electron chi connectivity index (χ3n) is 4.97. The van der Waals surface area contributed by atoms with Gasteiger partial charge in [-0.2, -0.15) is 11.3 Å². The van der Waals surface area contributed by atoms with E-state index in [9.17, 15) is 14.4 Å². The molecule has 37 heavy (non-hydrogen) atoms. The Morgan fingerprint density at radius 1 is 0.865 bits per heavy atom. The van der Waals surface area contributed by atoms with E-state index in [1.165, 1.54) is 23.1 Å². The molecule has 0 saturated carbocycles. The maximum atomic E-state index is 13.0. The zero-order chi connectivity index (χ0) is 26.0. The van der Waals surface area contributed by atoms with Gasteiger partial charge in [-0.1, -0.05) is 35.9 Å². The highest BCUT2D eigenvalue weighted by Gasteiger charge is 2.15. The van der Waals surface area contributed by atoms with Gasteiger partial charge >= 0.3 is 0 Å². The fraction of sp³-hybridized carbons (Fsp3) is 0.0357. The summed E-state index contributed by atoms with van der Waals surface area (Å²) in [5, 5.41) is 12.7. The number of anilines is 2. The molecule has 0 aliphatic carbocycles. The number of thiophene rings is 1. The van der Waals surface area contributed by atoms with Crippen molar-refractivity contribution < 1.29 is 14.4 Å². The van der Waals surface area contributed by atoms with E-state index in [2.05, 4.69) is 16.0 Å². The lowest BCUT2D eigenvalue weighted by atomic mass is 10.2. The second kappa shape index (κ2) is 12.9. The molecule has 3 amide bonds. The first-order valence-corrected chi connectivity index (χ1v) is 13.5. The predicted molar refractivity (Wildman–Crippen MR) is 152 cm³/mol. The first-order chi connectivity index (χ1) is 18.0. The van der Waals surface area contributed by atoms with Crippen molar-refractivity contribution in [1.82, 2.24) is 5.32 Å². The fourth-order valence-corrected chi connectivity index (χ4v) is 4.72. The number of halogens is 1. The van der Waals surface area contributed by atoms with Crippen LogP contribution >= 0.6 is 34.7 Å². The van der Waals surface area contributed by atoms with Crippen LogP contribution in [0.5, 0.6) is 0 Å². The summed E-state index contributed by atoms with van der Waals surface area (Å²) in [5.74, 6) is -0.754. The van der Waals surface area contributed by atoms with E-state index in [1.54, 1.807) is 66.7 Å². The summed E-state index contributed by atoms with van der Waals surface area (Å²) >= 11 is 8.82. The molecule has 3 N–H and O–H groups in total. The number of amides is 3. The third-order valence-corrected chi connectivity index (χ3v) is 6.92. The standard InChI is InChI=1S/C28H22ClN3O3S2/c29-21-7-4-8-23(16-21)30-26(33)18-37-24-11-9-22(10-12-24)31-28(35)25(15-19-13-14-36-17-19)32-27(34)20-5-2-1-3-6-20/h1-17H,18H2,(H,30,33)(H,31,35)(H,32,34)/b25-15-. The Hall–Kier alpha value is -3.85. The number of carbonyl (C=O) groups excluding carboxylic acids is 3. The highest BCUT2D eigenvalue weighted by atomic mass is 35.5. The number of hydrogen-bond acceptors (Lipinski definition) is 5. The molecule has 0 fully saturated rings. The molecule has 0 radical (unpaired) electrons. The number of rotatable bonds is 9. The van der Waals surface area contributed by atoms with Crippen LogP contribution in [0.25, 0.3) is 6.08 Å². The molecule has 9 heteroatoms. The van der Waals surface area contributed by atoms with Gasteiger partial charge in [0.2, 0.25) is 5.91 Å². The van der Waals surface area contributed by atoms with Gasteiger partial charge < -0.3 is 16.0 Å². The molecule has 0 saturated heterocycles. The van der Waals surface area contributed by atoms with E-state index >= 15 is 0 Å². The molecule has 186 valence electrons. The van der Waals surface area contributed by atoms with Crippen molar-refractivity contribution in [1.29, 1.82) is 0 Å². The van der Waals surface area contributed by atoms with Gasteiger partial charge in [0.15, 0.2) is 0 Å². The van der Waals surface area contributed by atoms with Gasteiger partial charge in [-0.05, 0) is 83.1 Å². The number of thioether (sulfide) groups is 1. The van der Waals surface area contributed by atoms with Gasteiger partial charge in [0.05, 0.1) is 5.75 Å². The summed E-state index contributed by atoms with van der Waals surface area (Å²) in [6.45, 7) is 0. The van der Waals surface area contributed by atoms with Crippen LogP contribution in [0.4, 0.5) is 11.4 Å². The van der Waals surface area contributed by atoms with Crippen LogP contribution in [-0.4, -0.2) is 23.5 Å². The second-order valence-corrected chi connectivity index (χ2v) is 10.0. The molecule has 0 aliphatic heterocycles. The molecule has 0 unspecified atom stereocenters. The van der Waals surface area contributed by atoms with E-state index in [-0.39, 0.29) is 23.3 Å². The monoisotopic (exact) mass is 547 g/mol. The summed E-state index contributed by atoms with van der Waals surface area (Å²) < 4.78 is 0. The average molecular weight is 548 g/mol. The van der Waals surface area contributed by atoms with Crippen molar-refractivity contribution in [2.45, 2.75) is 4.90 Å². The lowest BCUT2D eigenvalue weighted by Crippen LogP contribution is -2.30. The van der Waals surface area contributed by atoms with Crippen LogP contribution in [0.1, 0.15) is 15.9 Å². The minimum absolute atomic E-state index is 0.128. The lowest BCUT2D eigenvalue weighted by Gasteiger charge is -2.11. The van der Waals surface area contributed by atoms with Crippen molar-refractivity contribution in [3.8, 4) is 0 Å². The Balaban J connectivity index is 1.36. The highest BCUT2D eigenvalue weighted by Crippen LogP contribution is 2.22. The zero-order valence-corrected chi connectivity index (χ0v) is 21.8. The van der Waals surface area contributed by atoms with Crippen molar-refractivity contribution in [3.63, 3.8) is 0 Å². The van der Waals surface area contributed by atoms with Crippen LogP contribution in [0.15, 0.2) is 106 Å². The van der Waals surface area contributed by atoms with Crippen LogP contribution in [0.3, 0.4) is 0 Å². The van der Waals surface area contributed by atoms with Crippen molar-refractivity contribution >= 4 is 69.9 Å². The fourth-order valence-electron chi connectivity index (χ4n) is 3.21. The second-order valence-electron chi connectivity index (χ2n) is 7.76. The van der Waals surface area contributed by atoms with Crippen LogP contribution in [0, 0.1) is 0 Å². The molecule has 1 heterocycles. The normalized spacial score (nSPS) is 11.0. The van der Waals surface area contributed by atoms with Gasteiger partial charge in [0.25, 0.3) is 11.8 Å². The molecule has 0 bridgehead atoms. The van der Waals surface area contributed by atoms with Crippen LogP contribution in [0.2, 0.25) is 5.02 Å². The van der Waals surface area contributed by atoms with E-state index < -0.39 is 5.91 Å². The van der Waals surface area contributed by atoms with Gasteiger partial charge in [-0.25, -0.2) is 0 Å². The molecule has 1 aromatic heterocycles. The number of benzene rings is 3. The minimum atomic E-state index is -0.447. The zero-order valence-electron chi connectivity index (χ0n) is 19.4. The van der Waals surface area contributed by atoms with Gasteiger partial charge in [0, 0.05) is 26.9 Å². The molecule has 3 aromatic carbocycles. The molecule has 0 aliphatic rings. The number of carbonyl (C=O) groups is 3. The quantitative estimate of drug-likeness (QED) is 0.164. The van der Waals surface area contributed by atoms with E-state index in [1.807, 2.05) is 35.0 Å². The Morgan fingerprint density at radius 2 is 1.65 bits per heavy atom. The van der Waals surface area contributed by atoms with E-state index in [4.69, 9.17) is 11.6 Å². The van der Waals surface area contributed by atoms with Crippen LogP contribution in [-0.2, 0) is 9.59 Å². The molecular weight excluding hydrogens is 526 g/mol. The van der Waals surface area contributed by atoms with E-state index in [0.29, 0.717) is 22.0 Å². The summed E-state index contributed by atoms with van der Waals surface area (Å²) in [5.41, 5.74) is 2.59. The minimum Gasteiger partial charge on any atom is -0.325 e. The molecular formula is C28H22ClN3O3S2. The average Bonchev–Trinajstić information content (AvgIpc) is 3.41. The Morgan fingerprint density at radius 3 is 2.35 bits per heavy atom. The maximum Gasteiger partial charge on any atom is 0.272 e. The molecule has 6 nitrogen and oxygen atoms in total. The Labute approximate surface area is 227 Å². The van der Waals surface area contributed by atoms with Crippen molar-refractivity contribution in [2.24, 2.45) is 0 Å². The Kier molecular flexibility index (Phi) is 9.15. The van der Waals surface area contributed by atoms with E-state index in [0.717, 1.165) is 10.5 Å². The predicted octanol–water partition coefficient (Wildman–Crippen LogP) is 6.54. The van der Waals surface area contributed by atoms with Crippen molar-refractivity contribution in [2.75, 3.05) is 16.4 Å². The first-order valence-electron chi connectivity index (χ1n) is 11.2. The topological polar surface area (TPSA) is 87.3 Å². The Bertz CT molecular complexity index is 1410. The number of hydrogen-bond donors (Lipinski definition) is 3. The molecule has 4 aromatic rings. The molecule has 0 spiro atoms. The summed E-state index contributed by atoms with van der Waals surface area (Å²) in [6, 6.07) is 24.7. The SMILES string of the molecule is O=C(CSc1ccc(NC(=O)/C(=C/c2ccsc2)NC(=O)c2ccccc2)cc1)Nc1cccc(Cl)c1. The van der Waals surface area contributed by atoms with Crippen molar-refractivity contribution in [3.05, 3.63) is 118 Å². The largest absolute Gasteiger partial charge is 0.325 e. The highest BCUT2D eigenvalue weighted by molar-refractivity contribution is 8.00. The lowest BCUT2D eigenvalue weighted by molar-refractivity contribution is -0.114. The molecule has 0 atom stereocenters. The summed E-state index contributed by atoms with van der Waals surface area (Å²) in [4.78, 5) is 38.8. The summed E-state index contributed by atoms with van der Waals surface area (Å²) in [6.07, 6.45) is 1.63. The maximum absolute atomic E-state index is 13.0. The van der Waals surface area contributed by atoms with Gasteiger partial charge in [0.1, 0.15) is 5.70 Å². The number of nitrogens with one attached hydrogen (secondary N) is 3. The first kappa shape index (κ1) is 26.2. The van der Waals surface area contributed by atoms with Gasteiger partial charge in [-0.15, -0.1) is 11.8 Å². The van der Waals surface area contributed by atoms with Gasteiger partial charge in [-0.3, -0.25) is 14.4 Å². The van der Waals surface area contributed by atoms with Crippen LogP contribution < -0.4 is 16.0 Å². The third kappa shape index (κ3) is 8.08.